The Hall–Kier alpha value is -11.4. The van der Waals surface area contributed by atoms with E-state index in [4.69, 9.17) is 18.9 Å². The molecular weight excluding hydrogens is 1530 g/mol. The fourth-order valence-electron chi connectivity index (χ4n) is 21.0. The van der Waals surface area contributed by atoms with Gasteiger partial charge in [-0.05, 0) is 247 Å². The molecule has 9 nitrogen and oxygen atoms in total. The van der Waals surface area contributed by atoms with Gasteiger partial charge in [-0.3, -0.25) is 4.31 Å². The fraction of sp³-hybridized carbons (Fsp3) is 0.297. The number of ether oxygens (including phenoxy) is 4. The summed E-state index contributed by atoms with van der Waals surface area (Å²) in [7, 11) is 0. The van der Waals surface area contributed by atoms with E-state index in [0.29, 0.717) is 0 Å². The molecule has 0 saturated carbocycles. The van der Waals surface area contributed by atoms with Crippen molar-refractivity contribution in [3.63, 3.8) is 0 Å². The van der Waals surface area contributed by atoms with E-state index in [-0.39, 0.29) is 63.5 Å². The average molecular weight is 1640 g/mol. The summed E-state index contributed by atoms with van der Waals surface area (Å²) in [6, 6.07) is 80.5. The topological polar surface area (TPSA) is 67.0 Å². The lowest BCUT2D eigenvalue weighted by atomic mass is 9.30. The molecule has 0 saturated heterocycles. The standard InChI is InChI=1S/C111H110B3N5O4S/c1-104(2,3)60-26-34-85-71(42-60)72-43-61(105(4,5)6)27-35-86(72)116(85)68-50-84-101-97(52-68)120-93-40-32-66(110(19,20)21)48-79(93)112(101)77-56-78-91(58-83(77)115-84)119(124-25)92-51-69(117-87-36-28-62(106(7,8)9)44-73(87)74-45-63(107(10,11)12)29-37-88(74)117)53-98-102(92)113(78)81-57-82-96(59-95(81)122-98)123-100-55-70(54-99-103(100)114(82)80-49-67(111(22,23)24)33-41-94(80)121-99)118-89-38-30-64(108(13,14)15)46-75(89)76-47-65(109(16,17)18)31-39-90(76)118/h26-59,115H,1-25H3. The second kappa shape index (κ2) is 25.9. The zero-order valence-corrected chi connectivity index (χ0v) is 77.5. The van der Waals surface area contributed by atoms with Crippen LogP contribution in [-0.2, 0) is 43.3 Å². The first-order valence-corrected chi connectivity index (χ1v) is 45.9. The van der Waals surface area contributed by atoms with Gasteiger partial charge in [-0.15, -0.1) is 0 Å². The number of hydrogen-bond acceptors (Lipinski definition) is 7. The molecule has 0 aliphatic carbocycles. The summed E-state index contributed by atoms with van der Waals surface area (Å²) in [5, 5.41) is 11.7. The van der Waals surface area contributed by atoms with E-state index in [1.165, 1.54) is 87.8 Å². The third-order valence-corrected chi connectivity index (χ3v) is 28.9. The van der Waals surface area contributed by atoms with E-state index in [2.05, 4.69) is 402 Å². The minimum atomic E-state index is -0.327. The third-order valence-electron chi connectivity index (χ3n) is 28.2. The Labute approximate surface area is 736 Å². The van der Waals surface area contributed by atoms with Crippen molar-refractivity contribution in [2.45, 2.75) is 209 Å². The minimum Gasteiger partial charge on any atom is -0.458 e. The molecule has 13 aromatic carbocycles. The van der Waals surface area contributed by atoms with Gasteiger partial charge in [-0.25, -0.2) is 0 Å². The molecule has 1 N–H and O–H groups in total. The van der Waals surface area contributed by atoms with Crippen molar-refractivity contribution in [1.29, 1.82) is 0 Å². The Morgan fingerprint density at radius 2 is 0.516 bits per heavy atom. The van der Waals surface area contributed by atoms with E-state index in [1.54, 1.807) is 11.9 Å². The molecule has 0 spiro atoms. The maximum absolute atomic E-state index is 7.93. The Kier molecular flexibility index (Phi) is 16.4. The van der Waals surface area contributed by atoms with Crippen LogP contribution < -0.4 is 77.7 Å². The van der Waals surface area contributed by atoms with Crippen LogP contribution in [0.2, 0.25) is 0 Å². The second-order valence-corrected chi connectivity index (χ2v) is 45.5. The lowest BCUT2D eigenvalue weighted by Gasteiger charge is -2.42. The number of rotatable bonds is 4. The molecule has 6 aliphatic heterocycles. The molecule has 22 rings (SSSR count). The maximum Gasteiger partial charge on any atom is 0.260 e. The van der Waals surface area contributed by atoms with Gasteiger partial charge in [0.2, 0.25) is 0 Å². The SMILES string of the molecule is CSN1c2cc3c(cc2B2c4cc5c(cc4Oc4cc(-n6c7ccc(C(C)(C)C)cc7c7cc(C(C)(C)C)ccc76)cc1c42)Oc1cc(-n2c4ccc(C(C)(C)C)cc4c4cc(C(C)(C)C)ccc42)cc2c1B5c1cc(C(C)(C)C)ccc1O2)B1c2cc(C(C)(C)C)ccc2Oc2cc(-n4c5ccc(C(C)(C)C)cc5c5cc(C(C)(C)C)ccc54)cc(c21)N3. The van der Waals surface area contributed by atoms with E-state index in [1.807, 2.05) is 0 Å². The van der Waals surface area contributed by atoms with Crippen molar-refractivity contribution in [2.75, 3.05) is 15.9 Å². The van der Waals surface area contributed by atoms with Crippen molar-refractivity contribution in [2.24, 2.45) is 0 Å². The van der Waals surface area contributed by atoms with Gasteiger partial charge in [-0.2, -0.15) is 0 Å². The van der Waals surface area contributed by atoms with Crippen LogP contribution in [0.4, 0.5) is 22.7 Å². The summed E-state index contributed by atoms with van der Waals surface area (Å²) in [5.74, 6) is 6.42. The molecule has 9 heterocycles. The maximum atomic E-state index is 7.93. The molecule has 124 heavy (non-hydrogen) atoms. The van der Waals surface area contributed by atoms with Crippen molar-refractivity contribution >= 4 is 169 Å². The first-order chi connectivity index (χ1) is 58.4. The summed E-state index contributed by atoms with van der Waals surface area (Å²) >= 11 is 1.75. The number of hydrogen-bond donors (Lipinski definition) is 1. The Balaban J connectivity index is 0.788. The van der Waals surface area contributed by atoms with Crippen LogP contribution in [0, 0.1) is 0 Å². The van der Waals surface area contributed by atoms with Crippen LogP contribution in [0.25, 0.3) is 82.5 Å². The predicted octanol–water partition coefficient (Wildman–Crippen LogP) is 24.1. The molecule has 0 fully saturated rings. The highest BCUT2D eigenvalue weighted by molar-refractivity contribution is 8.00. The van der Waals surface area contributed by atoms with Crippen LogP contribution in [0.1, 0.15) is 211 Å². The summed E-state index contributed by atoms with van der Waals surface area (Å²) in [6.45, 7) is 54.8. The predicted molar refractivity (Wildman–Crippen MR) is 531 cm³/mol. The number of aromatic nitrogens is 3. The van der Waals surface area contributed by atoms with Gasteiger partial charge in [0.15, 0.2) is 0 Å². The van der Waals surface area contributed by atoms with E-state index in [0.717, 1.165) is 157 Å². The van der Waals surface area contributed by atoms with Crippen LogP contribution in [0.3, 0.4) is 0 Å². The summed E-state index contributed by atoms with van der Waals surface area (Å²) in [6.07, 6.45) is 2.24. The van der Waals surface area contributed by atoms with Gasteiger partial charge < -0.3 is 38.0 Å². The van der Waals surface area contributed by atoms with Crippen LogP contribution in [0.15, 0.2) is 206 Å². The van der Waals surface area contributed by atoms with Crippen molar-refractivity contribution in [1.82, 2.24) is 13.7 Å². The highest BCUT2D eigenvalue weighted by atomic mass is 32.2. The number of anilines is 4. The molecule has 16 aromatic rings. The second-order valence-electron chi connectivity index (χ2n) is 44.8. The van der Waals surface area contributed by atoms with Gasteiger partial charge >= 0.3 is 0 Å². The van der Waals surface area contributed by atoms with E-state index >= 15 is 0 Å². The smallest absolute Gasteiger partial charge is 0.260 e. The van der Waals surface area contributed by atoms with Crippen LogP contribution >= 0.6 is 11.9 Å². The number of benzene rings is 13. The van der Waals surface area contributed by atoms with Gasteiger partial charge in [0.1, 0.15) is 46.0 Å². The molecule has 13 heteroatoms. The Morgan fingerprint density at radius 1 is 0.234 bits per heavy atom. The average Bonchev–Trinajstić information content (AvgIpc) is 0.719. The minimum absolute atomic E-state index is 0.0506. The number of nitrogens with one attached hydrogen (secondary N) is 1. The van der Waals surface area contributed by atoms with Gasteiger partial charge in [-0.1, -0.05) is 239 Å². The Bertz CT molecular complexity index is 7230. The lowest BCUT2D eigenvalue weighted by Crippen LogP contribution is -2.64. The number of nitrogens with zero attached hydrogens (tertiary/aromatic N) is 4. The molecule has 0 atom stereocenters. The van der Waals surface area contributed by atoms with E-state index in [9.17, 15) is 0 Å². The highest BCUT2D eigenvalue weighted by Gasteiger charge is 2.50. The first kappa shape index (κ1) is 78.6. The normalized spacial score (nSPS) is 14.6. The van der Waals surface area contributed by atoms with Crippen molar-refractivity contribution in [3.05, 3.63) is 251 Å². The molecule has 0 unspecified atom stereocenters. The highest BCUT2D eigenvalue weighted by Crippen LogP contribution is 2.51. The van der Waals surface area contributed by atoms with E-state index < -0.39 is 0 Å². The summed E-state index contributed by atoms with van der Waals surface area (Å²) in [4.78, 5) is 0. The molecule has 3 aromatic heterocycles. The summed E-state index contributed by atoms with van der Waals surface area (Å²) < 4.78 is 40.5. The van der Waals surface area contributed by atoms with Gasteiger partial charge in [0, 0.05) is 91.4 Å². The van der Waals surface area contributed by atoms with Crippen LogP contribution in [0.5, 0.6) is 46.0 Å². The molecule has 6 aliphatic rings. The van der Waals surface area contributed by atoms with Gasteiger partial charge in [0.05, 0.1) is 55.8 Å². The van der Waals surface area contributed by atoms with Gasteiger partial charge in [0.25, 0.3) is 20.1 Å². The van der Waals surface area contributed by atoms with Crippen LogP contribution in [-0.4, -0.2) is 40.1 Å². The zero-order valence-electron chi connectivity index (χ0n) is 76.7. The molecule has 0 radical (unpaired) electrons. The largest absolute Gasteiger partial charge is 0.458 e. The summed E-state index contributed by atoms with van der Waals surface area (Å²) in [5.41, 5.74) is 33.8. The molecule has 0 bridgehead atoms. The zero-order chi connectivity index (χ0) is 86.7. The first-order valence-electron chi connectivity index (χ1n) is 44.7. The Morgan fingerprint density at radius 3 is 0.871 bits per heavy atom. The molecule has 0 amide bonds. The lowest BCUT2D eigenvalue weighted by molar-refractivity contribution is 0.455. The third kappa shape index (κ3) is 11.9. The van der Waals surface area contributed by atoms with Crippen molar-refractivity contribution in [3.8, 4) is 63.1 Å². The monoisotopic (exact) mass is 1640 g/mol. The fourth-order valence-corrected chi connectivity index (χ4v) is 21.7. The van der Waals surface area contributed by atoms with Crippen molar-refractivity contribution < 1.29 is 18.9 Å². The molecule has 618 valence electrons. The molecular formula is C111H110B3N5O4S. The quantitative estimate of drug-likeness (QED) is 0.139. The number of fused-ring (bicyclic) bond motifs is 21.